The maximum atomic E-state index is 13.4. The lowest BCUT2D eigenvalue weighted by molar-refractivity contribution is -0.122. The van der Waals surface area contributed by atoms with Gasteiger partial charge in [-0.2, -0.15) is 0 Å². The van der Waals surface area contributed by atoms with Gasteiger partial charge in [0.15, 0.2) is 0 Å². The van der Waals surface area contributed by atoms with E-state index >= 15 is 0 Å². The molecule has 0 saturated heterocycles. The molecule has 0 radical (unpaired) electrons. The van der Waals surface area contributed by atoms with Crippen LogP contribution in [-0.2, 0) is 24.0 Å². The predicted octanol–water partition coefficient (Wildman–Crippen LogP) is 21.9. The smallest absolute Gasteiger partial charge is 0.221 e. The van der Waals surface area contributed by atoms with Crippen molar-refractivity contribution in [3.05, 3.63) is 0 Å². The van der Waals surface area contributed by atoms with Crippen molar-refractivity contribution < 1.29 is 24.0 Å². The van der Waals surface area contributed by atoms with Crippen LogP contribution in [0.2, 0.25) is 0 Å². The van der Waals surface area contributed by atoms with Crippen LogP contribution in [0.5, 0.6) is 0 Å². The monoisotopic (exact) mass is 1310 g/mol. The first-order valence-electron chi connectivity index (χ1n) is 41.7. The van der Waals surface area contributed by atoms with E-state index in [1.165, 1.54) is 270 Å². The summed E-state index contributed by atoms with van der Waals surface area (Å²) in [4.78, 5) is 73.8. The average Bonchev–Trinajstić information content (AvgIpc) is 3.78. The van der Waals surface area contributed by atoms with Crippen LogP contribution in [0.25, 0.3) is 0 Å². The van der Waals surface area contributed by atoms with Crippen molar-refractivity contribution in [3.63, 3.8) is 0 Å². The number of amides is 3. The largest absolute Gasteiger partial charge is 0.356 e. The second-order valence-corrected chi connectivity index (χ2v) is 28.9. The third-order valence-electron chi connectivity index (χ3n) is 19.7. The highest BCUT2D eigenvalue weighted by Crippen LogP contribution is 2.17. The Labute approximate surface area is 579 Å². The van der Waals surface area contributed by atoms with Crippen molar-refractivity contribution in [2.24, 2.45) is 0 Å². The fourth-order valence-corrected chi connectivity index (χ4v) is 13.1. The fourth-order valence-electron chi connectivity index (χ4n) is 13.1. The van der Waals surface area contributed by atoms with Gasteiger partial charge in [0.1, 0.15) is 11.6 Å². The maximum Gasteiger partial charge on any atom is 0.221 e. The summed E-state index contributed by atoms with van der Waals surface area (Å²) < 4.78 is 0. The quantitative estimate of drug-likeness (QED) is 0.0513. The zero-order valence-corrected chi connectivity index (χ0v) is 63.3. The Balaban J connectivity index is 5.80. The Hall–Kier alpha value is -2.37. The molecule has 0 rings (SSSR count). The molecule has 0 saturated carbocycles. The van der Waals surface area contributed by atoms with Crippen LogP contribution in [0.4, 0.5) is 0 Å². The SMILES string of the molecule is CCCCCCCCCCCCCC(=O)CCN(CCC(=O)CCCCCCCCCCCCC)CCN(CCCCCN(CCC(=O)NCCCCCCCCCCCC)CCC(=O)NCCCCCCCCCCCC)CCC(=O)NCCCCCCCCCC. The van der Waals surface area contributed by atoms with Crippen molar-refractivity contribution in [1.29, 1.82) is 0 Å². The van der Waals surface area contributed by atoms with Gasteiger partial charge in [-0.25, -0.2) is 0 Å². The topological polar surface area (TPSA) is 131 Å². The lowest BCUT2D eigenvalue weighted by Crippen LogP contribution is -2.39. The molecular formula is C82H162N6O5. The molecule has 0 spiro atoms. The minimum absolute atomic E-state index is 0.107. The first kappa shape index (κ1) is 90.6. The Bertz CT molecular complexity index is 1510. The third kappa shape index (κ3) is 70.8. The number of Topliss-reactive ketones (excluding diaryl/α,β-unsaturated/α-hetero) is 2. The molecule has 0 aromatic heterocycles. The van der Waals surface area contributed by atoms with E-state index in [1.54, 1.807) is 0 Å². The summed E-state index contributed by atoms with van der Waals surface area (Å²) in [5.41, 5.74) is 0. The highest BCUT2D eigenvalue weighted by molar-refractivity contribution is 5.79. The minimum Gasteiger partial charge on any atom is -0.356 e. The number of nitrogens with zero attached hydrogens (tertiary/aromatic N) is 3. The standard InChI is InChI=1S/C82H162N6O5/c1-6-11-16-21-26-31-35-37-41-46-52-59-78(89)61-71-88(72-62-79(90)60-53-47-42-38-36-32-27-22-17-12-7-2)77-76-87(75-65-82(93)85-68-54-48-43-30-25-20-15-10-5)70-58-51-57-69-86(73-63-80(91)83-66-55-49-44-39-33-28-23-18-13-8-3)74-64-81(92)84-67-56-50-45-40-34-29-24-19-14-9-4/h6-77H2,1-5H3,(H,83,91)(H,84,92)(H,85,93). The first-order valence-corrected chi connectivity index (χ1v) is 41.7. The molecule has 0 aromatic rings. The van der Waals surface area contributed by atoms with Crippen LogP contribution in [0, 0.1) is 0 Å². The van der Waals surface area contributed by atoms with Crippen LogP contribution in [-0.4, -0.2) is 123 Å². The molecule has 11 nitrogen and oxygen atoms in total. The van der Waals surface area contributed by atoms with Gasteiger partial charge in [-0.3, -0.25) is 24.0 Å². The van der Waals surface area contributed by atoms with Gasteiger partial charge < -0.3 is 30.7 Å². The van der Waals surface area contributed by atoms with E-state index in [1.807, 2.05) is 0 Å². The molecule has 3 N–H and O–H groups in total. The van der Waals surface area contributed by atoms with Crippen LogP contribution in [0.1, 0.15) is 420 Å². The van der Waals surface area contributed by atoms with Gasteiger partial charge in [-0.15, -0.1) is 0 Å². The highest BCUT2D eigenvalue weighted by Gasteiger charge is 2.17. The number of hydrogen-bond acceptors (Lipinski definition) is 8. The Morgan fingerprint density at radius 1 is 0.183 bits per heavy atom. The van der Waals surface area contributed by atoms with E-state index in [0.717, 1.165) is 116 Å². The van der Waals surface area contributed by atoms with Crippen LogP contribution in [0.3, 0.4) is 0 Å². The highest BCUT2D eigenvalue weighted by atomic mass is 16.2. The number of carbonyl (C=O) groups excluding carboxylic acids is 5. The molecule has 3 amide bonds. The summed E-state index contributed by atoms with van der Waals surface area (Å²) in [6.45, 7) is 20.2. The number of hydrogen-bond donors (Lipinski definition) is 3. The minimum atomic E-state index is 0.107. The van der Waals surface area contributed by atoms with Crippen molar-refractivity contribution >= 4 is 29.3 Å². The molecule has 550 valence electrons. The lowest BCUT2D eigenvalue weighted by Gasteiger charge is -2.28. The summed E-state index contributed by atoms with van der Waals surface area (Å²) in [6.07, 6.45) is 70.2. The van der Waals surface area contributed by atoms with Crippen molar-refractivity contribution in [2.45, 2.75) is 420 Å². The fraction of sp³-hybridized carbons (Fsp3) is 0.939. The Morgan fingerprint density at radius 3 is 0.613 bits per heavy atom. The average molecular weight is 1310 g/mol. The summed E-state index contributed by atoms with van der Waals surface area (Å²) in [5, 5.41) is 9.64. The molecule has 0 aliphatic rings. The molecule has 0 heterocycles. The second kappa shape index (κ2) is 75.4. The molecular weight excluding hydrogens is 1150 g/mol. The van der Waals surface area contributed by atoms with Gasteiger partial charge in [0.2, 0.25) is 17.7 Å². The molecule has 11 heteroatoms. The molecule has 0 unspecified atom stereocenters. The van der Waals surface area contributed by atoms with Gasteiger partial charge in [-0.1, -0.05) is 330 Å². The van der Waals surface area contributed by atoms with Crippen molar-refractivity contribution in [3.8, 4) is 0 Å². The van der Waals surface area contributed by atoms with E-state index in [4.69, 9.17) is 0 Å². The number of unbranched alkanes of at least 4 members (excludes halogenated alkanes) is 47. The molecule has 0 fully saturated rings. The number of ketones is 2. The number of carbonyl (C=O) groups is 5. The predicted molar refractivity (Wildman–Crippen MR) is 404 cm³/mol. The van der Waals surface area contributed by atoms with Crippen LogP contribution < -0.4 is 16.0 Å². The van der Waals surface area contributed by atoms with Gasteiger partial charge in [-0.05, 0) is 58.0 Å². The first-order chi connectivity index (χ1) is 45.7. The molecule has 0 aliphatic carbocycles. The van der Waals surface area contributed by atoms with Crippen LogP contribution >= 0.6 is 0 Å². The van der Waals surface area contributed by atoms with Gasteiger partial charge in [0.05, 0.1) is 0 Å². The molecule has 0 aliphatic heterocycles. The zero-order chi connectivity index (χ0) is 67.7. The molecule has 0 atom stereocenters. The van der Waals surface area contributed by atoms with Gasteiger partial charge >= 0.3 is 0 Å². The molecule has 0 aromatic carbocycles. The van der Waals surface area contributed by atoms with E-state index in [-0.39, 0.29) is 17.7 Å². The van der Waals surface area contributed by atoms with E-state index in [2.05, 4.69) is 65.3 Å². The summed E-state index contributed by atoms with van der Waals surface area (Å²) in [6, 6.07) is 0. The number of nitrogens with one attached hydrogen (secondary N) is 3. The van der Waals surface area contributed by atoms with Gasteiger partial charge in [0.25, 0.3) is 0 Å². The van der Waals surface area contributed by atoms with Crippen molar-refractivity contribution in [2.75, 3.05) is 78.5 Å². The summed E-state index contributed by atoms with van der Waals surface area (Å²) >= 11 is 0. The molecule has 93 heavy (non-hydrogen) atoms. The van der Waals surface area contributed by atoms with E-state index < -0.39 is 0 Å². The Morgan fingerprint density at radius 2 is 0.366 bits per heavy atom. The summed E-state index contributed by atoms with van der Waals surface area (Å²) in [5.74, 6) is 1.02. The summed E-state index contributed by atoms with van der Waals surface area (Å²) in [7, 11) is 0. The van der Waals surface area contributed by atoms with Gasteiger partial charge in [0, 0.05) is 110 Å². The lowest BCUT2D eigenvalue weighted by atomic mass is 10.0. The zero-order valence-electron chi connectivity index (χ0n) is 63.3. The third-order valence-corrected chi connectivity index (χ3v) is 19.7. The molecule has 0 bridgehead atoms. The van der Waals surface area contributed by atoms with Crippen molar-refractivity contribution in [1.82, 2.24) is 30.7 Å². The van der Waals surface area contributed by atoms with E-state index in [9.17, 15) is 24.0 Å². The van der Waals surface area contributed by atoms with E-state index in [0.29, 0.717) is 89.2 Å². The Kier molecular flexibility index (Phi) is 73.5. The normalized spacial score (nSPS) is 11.7. The second-order valence-electron chi connectivity index (χ2n) is 28.9. The van der Waals surface area contributed by atoms with Crippen LogP contribution in [0.15, 0.2) is 0 Å². The number of rotatable bonds is 79. The maximum absolute atomic E-state index is 13.4.